The predicted molar refractivity (Wildman–Crippen MR) is 32.8 cm³/mol. The molecule has 0 aliphatic carbocycles. The monoisotopic (exact) mass is 271 g/mol. The maximum Gasteiger partial charge on any atom is 2.00 e. The van der Waals surface area contributed by atoms with E-state index in [9.17, 15) is 4.79 Å². The van der Waals surface area contributed by atoms with E-state index >= 15 is 0 Å². The molecule has 1 saturated heterocycles. The van der Waals surface area contributed by atoms with E-state index in [1.807, 2.05) is 0 Å². The largest absolute Gasteiger partial charge is 2.00 e. The zero-order chi connectivity index (χ0) is 6.69. The van der Waals surface area contributed by atoms with Gasteiger partial charge in [0.2, 0.25) is 0 Å². The van der Waals surface area contributed by atoms with Crippen molar-refractivity contribution in [2.75, 3.05) is 26.3 Å². The van der Waals surface area contributed by atoms with Gasteiger partial charge in [-0.3, -0.25) is 0 Å². The molecule has 11 heavy (non-hydrogen) atoms. The first kappa shape index (κ1) is 14.0. The standard InChI is InChI=1S/C6H10NO2.BrH.Zn/c1-6(8)7-2-4-9-5-3-7;;/h1-5H2;1H;/q-1;;+2/p-1. The third-order valence-electron chi connectivity index (χ3n) is 1.36. The summed E-state index contributed by atoms with van der Waals surface area (Å²) >= 11 is 0. The molecular weight excluding hydrogens is 263 g/mol. The average molecular weight is 273 g/mol. The Balaban J connectivity index is 0. The number of carbonyl (C=O) groups excluding carboxylic acids is 1. The van der Waals surface area contributed by atoms with Gasteiger partial charge in [0.05, 0.1) is 19.1 Å². The van der Waals surface area contributed by atoms with Gasteiger partial charge in [0.15, 0.2) is 0 Å². The molecule has 3 nitrogen and oxygen atoms in total. The van der Waals surface area contributed by atoms with Gasteiger partial charge in [0.1, 0.15) is 0 Å². The number of morpholine rings is 1. The molecule has 1 amide bonds. The van der Waals surface area contributed by atoms with Gasteiger partial charge in [0.25, 0.3) is 0 Å². The summed E-state index contributed by atoms with van der Waals surface area (Å²) in [6, 6.07) is 0. The summed E-state index contributed by atoms with van der Waals surface area (Å²) in [6.07, 6.45) is 0. The molecule has 1 aliphatic rings. The normalized spacial score (nSPS) is 16.2. The minimum Gasteiger partial charge on any atom is -1.00 e. The molecule has 0 bridgehead atoms. The summed E-state index contributed by atoms with van der Waals surface area (Å²) < 4.78 is 5.03. The Morgan fingerprint density at radius 3 is 2.09 bits per heavy atom. The molecule has 0 spiro atoms. The number of hydrogen-bond donors (Lipinski definition) is 0. The number of halogens is 1. The fourth-order valence-corrected chi connectivity index (χ4v) is 0.813. The molecule has 0 saturated carbocycles. The van der Waals surface area contributed by atoms with Crippen molar-refractivity contribution in [1.29, 1.82) is 0 Å². The van der Waals surface area contributed by atoms with Crippen LogP contribution >= 0.6 is 0 Å². The number of ether oxygens (including phenoxy) is 1. The topological polar surface area (TPSA) is 29.5 Å². The molecular formula is C6H10BrNO2Zn. The third-order valence-corrected chi connectivity index (χ3v) is 1.36. The van der Waals surface area contributed by atoms with E-state index in [2.05, 4.69) is 6.92 Å². The molecule has 0 unspecified atom stereocenters. The molecule has 5 heteroatoms. The van der Waals surface area contributed by atoms with Gasteiger partial charge in [-0.15, -0.1) is 0 Å². The fourth-order valence-electron chi connectivity index (χ4n) is 0.813. The van der Waals surface area contributed by atoms with E-state index in [0.29, 0.717) is 26.3 Å². The van der Waals surface area contributed by atoms with Crippen LogP contribution in [-0.2, 0) is 29.0 Å². The van der Waals surface area contributed by atoms with Crippen LogP contribution in [0.25, 0.3) is 0 Å². The Bertz CT molecular complexity index is 117. The van der Waals surface area contributed by atoms with Gasteiger partial charge < -0.3 is 38.3 Å². The van der Waals surface area contributed by atoms with Gasteiger partial charge in [-0.2, -0.15) is 0 Å². The molecule has 0 aromatic rings. The molecule has 1 rings (SSSR count). The molecule has 1 aliphatic heterocycles. The summed E-state index contributed by atoms with van der Waals surface area (Å²) in [5.74, 6) is -0.0988. The molecule has 1 heterocycles. The Hall–Kier alpha value is 0.403. The van der Waals surface area contributed by atoms with Gasteiger partial charge in [-0.05, 0) is 0 Å². The summed E-state index contributed by atoms with van der Waals surface area (Å²) in [5, 5.41) is 0. The fraction of sp³-hybridized carbons (Fsp3) is 0.667. The quantitative estimate of drug-likeness (QED) is 0.342. The SMILES string of the molecule is [Br-].[CH2-]C(=O)N1CCOCC1.[Zn+2]. The summed E-state index contributed by atoms with van der Waals surface area (Å²) in [6.45, 7) is 6.00. The first-order valence-corrected chi connectivity index (χ1v) is 2.99. The van der Waals surface area contributed by atoms with E-state index in [4.69, 9.17) is 4.74 Å². The first-order chi connectivity index (χ1) is 4.30. The maximum atomic E-state index is 10.6. The van der Waals surface area contributed by atoms with Gasteiger partial charge in [-0.1, -0.05) is 0 Å². The van der Waals surface area contributed by atoms with E-state index in [-0.39, 0.29) is 42.4 Å². The van der Waals surface area contributed by atoms with Crippen molar-refractivity contribution >= 4 is 5.91 Å². The Morgan fingerprint density at radius 1 is 1.36 bits per heavy atom. The summed E-state index contributed by atoms with van der Waals surface area (Å²) in [5.41, 5.74) is 0. The van der Waals surface area contributed by atoms with Crippen molar-refractivity contribution in [3.8, 4) is 0 Å². The predicted octanol–water partition coefficient (Wildman–Crippen LogP) is -3.32. The number of hydrogen-bond acceptors (Lipinski definition) is 2. The first-order valence-electron chi connectivity index (χ1n) is 2.99. The van der Waals surface area contributed by atoms with Gasteiger partial charge in [0, 0.05) is 13.1 Å². The van der Waals surface area contributed by atoms with Crippen LogP contribution in [0.2, 0.25) is 0 Å². The van der Waals surface area contributed by atoms with Crippen LogP contribution in [0, 0.1) is 6.92 Å². The number of carbonyl (C=O) groups is 1. The van der Waals surface area contributed by atoms with Crippen molar-refractivity contribution in [2.45, 2.75) is 0 Å². The van der Waals surface area contributed by atoms with E-state index in [1.54, 1.807) is 4.90 Å². The molecule has 1 fully saturated rings. The second-order valence-corrected chi connectivity index (χ2v) is 1.99. The van der Waals surface area contributed by atoms with Crippen molar-refractivity contribution in [1.82, 2.24) is 4.90 Å². The minimum atomic E-state index is -0.0988. The minimum absolute atomic E-state index is 0. The molecule has 0 atom stereocenters. The van der Waals surface area contributed by atoms with Crippen LogP contribution in [0.1, 0.15) is 0 Å². The zero-order valence-electron chi connectivity index (χ0n) is 6.38. The average Bonchev–Trinajstić information content (AvgIpc) is 1.90. The molecule has 0 radical (unpaired) electrons. The molecule has 0 N–H and O–H groups in total. The van der Waals surface area contributed by atoms with Crippen LogP contribution in [0.4, 0.5) is 0 Å². The third kappa shape index (κ3) is 4.78. The van der Waals surface area contributed by atoms with E-state index in [0.717, 1.165) is 0 Å². The van der Waals surface area contributed by atoms with E-state index in [1.165, 1.54) is 0 Å². The Morgan fingerprint density at radius 2 is 1.82 bits per heavy atom. The van der Waals surface area contributed by atoms with Crippen molar-refractivity contribution in [3.63, 3.8) is 0 Å². The maximum absolute atomic E-state index is 10.6. The number of rotatable bonds is 0. The number of nitrogens with zero attached hydrogens (tertiary/aromatic N) is 1. The smallest absolute Gasteiger partial charge is 1.00 e. The number of amides is 1. The second kappa shape index (κ2) is 7.07. The van der Waals surface area contributed by atoms with Crippen LogP contribution in [0.15, 0.2) is 0 Å². The Kier molecular flexibility index (Phi) is 8.98. The van der Waals surface area contributed by atoms with Crippen LogP contribution in [0.5, 0.6) is 0 Å². The zero-order valence-corrected chi connectivity index (χ0v) is 10.9. The van der Waals surface area contributed by atoms with Crippen LogP contribution in [0.3, 0.4) is 0 Å². The molecule has 0 aromatic carbocycles. The van der Waals surface area contributed by atoms with E-state index < -0.39 is 0 Å². The van der Waals surface area contributed by atoms with Crippen molar-refractivity contribution in [2.24, 2.45) is 0 Å². The van der Waals surface area contributed by atoms with Crippen LogP contribution < -0.4 is 17.0 Å². The molecule has 60 valence electrons. The molecule has 0 aromatic heterocycles. The van der Waals surface area contributed by atoms with Gasteiger partial charge in [-0.25, -0.2) is 0 Å². The summed E-state index contributed by atoms with van der Waals surface area (Å²) in [7, 11) is 0. The second-order valence-electron chi connectivity index (χ2n) is 1.99. The Labute approximate surface area is 90.0 Å². The van der Waals surface area contributed by atoms with Crippen LogP contribution in [-0.4, -0.2) is 37.1 Å². The van der Waals surface area contributed by atoms with Gasteiger partial charge >= 0.3 is 19.5 Å². The van der Waals surface area contributed by atoms with Crippen molar-refractivity contribution < 1.29 is 46.0 Å². The summed E-state index contributed by atoms with van der Waals surface area (Å²) in [4.78, 5) is 12.2. The van der Waals surface area contributed by atoms with Crippen molar-refractivity contribution in [3.05, 3.63) is 6.92 Å².